The lowest BCUT2D eigenvalue weighted by molar-refractivity contribution is -0.463. The highest BCUT2D eigenvalue weighted by molar-refractivity contribution is 7.98. The van der Waals surface area contributed by atoms with E-state index in [2.05, 4.69) is 20.1 Å². The number of nitro groups is 1. The van der Waals surface area contributed by atoms with E-state index in [0.29, 0.717) is 12.4 Å². The third kappa shape index (κ3) is 5.46. The molecule has 0 saturated heterocycles. The average Bonchev–Trinajstić information content (AvgIpc) is 2.72. The molecule has 1 heterocycles. The molecule has 18 heavy (non-hydrogen) atoms. The zero-order valence-corrected chi connectivity index (χ0v) is 12.0. The molecule has 0 saturated carbocycles. The highest BCUT2D eigenvalue weighted by atomic mass is 32.2. The van der Waals surface area contributed by atoms with Gasteiger partial charge in [0.15, 0.2) is 5.84 Å². The topological polar surface area (TPSA) is 80.4 Å². The fourth-order valence-corrected chi connectivity index (χ4v) is 2.95. The maximum atomic E-state index is 10.3. The van der Waals surface area contributed by atoms with E-state index in [4.69, 9.17) is 0 Å². The van der Waals surface area contributed by atoms with Crippen molar-refractivity contribution in [1.82, 2.24) is 9.69 Å². The molecule has 0 radical (unpaired) electrons. The molecular weight excluding hydrogens is 272 g/mol. The molecule has 0 spiro atoms. The maximum absolute atomic E-state index is 10.3. The van der Waals surface area contributed by atoms with Gasteiger partial charge in [0, 0.05) is 35.4 Å². The SMILES string of the molecule is CN=C(C[N+](=O)[O-])NCCSCc1csnc1C. The summed E-state index contributed by atoms with van der Waals surface area (Å²) in [4.78, 5) is 13.8. The van der Waals surface area contributed by atoms with E-state index in [9.17, 15) is 10.1 Å². The minimum Gasteiger partial charge on any atom is -0.368 e. The summed E-state index contributed by atoms with van der Waals surface area (Å²) in [7, 11) is 1.55. The second kappa shape index (κ2) is 8.04. The van der Waals surface area contributed by atoms with Gasteiger partial charge in [-0.25, -0.2) is 0 Å². The van der Waals surface area contributed by atoms with Gasteiger partial charge in [-0.1, -0.05) is 0 Å². The van der Waals surface area contributed by atoms with Crippen molar-refractivity contribution in [3.8, 4) is 0 Å². The van der Waals surface area contributed by atoms with Crippen LogP contribution in [0.1, 0.15) is 11.3 Å². The first-order valence-corrected chi connectivity index (χ1v) is 7.41. The van der Waals surface area contributed by atoms with Gasteiger partial charge < -0.3 is 5.32 Å². The van der Waals surface area contributed by atoms with E-state index in [0.717, 1.165) is 17.2 Å². The van der Waals surface area contributed by atoms with Gasteiger partial charge in [0.05, 0.1) is 5.69 Å². The van der Waals surface area contributed by atoms with Crippen molar-refractivity contribution in [2.75, 3.05) is 25.9 Å². The first kappa shape index (κ1) is 14.9. The third-order valence-electron chi connectivity index (χ3n) is 2.23. The van der Waals surface area contributed by atoms with Crippen LogP contribution in [0.4, 0.5) is 0 Å². The Morgan fingerprint density at radius 3 is 3.06 bits per heavy atom. The molecule has 1 aromatic heterocycles. The normalized spacial score (nSPS) is 11.6. The second-order valence-corrected chi connectivity index (χ2v) is 5.30. The fraction of sp³-hybridized carbons (Fsp3) is 0.600. The molecule has 0 atom stereocenters. The van der Waals surface area contributed by atoms with E-state index in [-0.39, 0.29) is 11.5 Å². The Kier molecular flexibility index (Phi) is 6.66. The summed E-state index contributed by atoms with van der Waals surface area (Å²) in [6.07, 6.45) is 0. The van der Waals surface area contributed by atoms with Crippen molar-refractivity contribution in [1.29, 1.82) is 0 Å². The van der Waals surface area contributed by atoms with Gasteiger partial charge in [-0.2, -0.15) is 16.1 Å². The van der Waals surface area contributed by atoms with Gasteiger partial charge in [0.2, 0.25) is 0 Å². The Morgan fingerprint density at radius 2 is 2.50 bits per heavy atom. The molecule has 8 heteroatoms. The summed E-state index contributed by atoms with van der Waals surface area (Å²) >= 11 is 3.25. The van der Waals surface area contributed by atoms with Crippen molar-refractivity contribution in [2.45, 2.75) is 12.7 Å². The predicted molar refractivity (Wildman–Crippen MR) is 76.2 cm³/mol. The lowest BCUT2D eigenvalue weighted by Crippen LogP contribution is -2.31. The molecule has 0 aliphatic rings. The standard InChI is InChI=1S/C10H16N4O2S2/c1-8-9(7-18-13-8)6-17-4-3-12-10(11-2)5-14(15)16/h7H,3-6H2,1-2H3,(H,11,12). The number of aliphatic imine (C=N–C) groups is 1. The summed E-state index contributed by atoms with van der Waals surface area (Å²) < 4.78 is 4.21. The molecule has 6 nitrogen and oxygen atoms in total. The summed E-state index contributed by atoms with van der Waals surface area (Å²) in [6.45, 7) is 2.44. The number of thioether (sulfide) groups is 1. The van der Waals surface area contributed by atoms with Crippen molar-refractivity contribution >= 4 is 29.1 Å². The van der Waals surface area contributed by atoms with Crippen LogP contribution in [0, 0.1) is 17.0 Å². The number of aromatic nitrogens is 1. The monoisotopic (exact) mass is 288 g/mol. The molecular formula is C10H16N4O2S2. The number of nitrogens with zero attached hydrogens (tertiary/aromatic N) is 3. The van der Waals surface area contributed by atoms with Crippen molar-refractivity contribution in [3.63, 3.8) is 0 Å². The van der Waals surface area contributed by atoms with Crippen LogP contribution < -0.4 is 5.32 Å². The molecule has 100 valence electrons. The molecule has 0 fully saturated rings. The predicted octanol–water partition coefficient (Wildman–Crippen LogP) is 1.58. The molecule has 0 amide bonds. The van der Waals surface area contributed by atoms with E-state index >= 15 is 0 Å². The van der Waals surface area contributed by atoms with Gasteiger partial charge in [-0.3, -0.25) is 15.1 Å². The number of hydrogen-bond donors (Lipinski definition) is 1. The zero-order valence-electron chi connectivity index (χ0n) is 10.4. The molecule has 1 N–H and O–H groups in total. The number of nitrogens with one attached hydrogen (secondary N) is 1. The molecule has 0 aliphatic carbocycles. The minimum atomic E-state index is -0.386. The summed E-state index contributed by atoms with van der Waals surface area (Å²) in [5.74, 6) is 2.23. The van der Waals surface area contributed by atoms with E-state index in [1.165, 1.54) is 17.1 Å². The highest BCUT2D eigenvalue weighted by Crippen LogP contribution is 2.16. The van der Waals surface area contributed by atoms with Gasteiger partial charge in [-0.15, -0.1) is 0 Å². The molecule has 1 rings (SSSR count). The van der Waals surface area contributed by atoms with E-state index in [1.54, 1.807) is 18.8 Å². The largest absolute Gasteiger partial charge is 0.368 e. The van der Waals surface area contributed by atoms with Crippen molar-refractivity contribution < 1.29 is 4.92 Å². The van der Waals surface area contributed by atoms with Crippen LogP contribution in [-0.2, 0) is 5.75 Å². The lowest BCUT2D eigenvalue weighted by atomic mass is 10.3. The number of rotatable bonds is 7. The van der Waals surface area contributed by atoms with Crippen LogP contribution >= 0.6 is 23.3 Å². The van der Waals surface area contributed by atoms with E-state index in [1.807, 2.05) is 6.92 Å². The molecule has 0 aliphatic heterocycles. The first-order chi connectivity index (χ1) is 8.63. The zero-order chi connectivity index (χ0) is 13.4. The van der Waals surface area contributed by atoms with Gasteiger partial charge >= 0.3 is 0 Å². The Labute approximate surface area is 114 Å². The summed E-state index contributed by atoms with van der Waals surface area (Å²) in [6, 6.07) is 0. The van der Waals surface area contributed by atoms with Crippen molar-refractivity contribution in [3.05, 3.63) is 26.8 Å². The molecule has 0 unspecified atom stereocenters. The highest BCUT2D eigenvalue weighted by Gasteiger charge is 2.05. The lowest BCUT2D eigenvalue weighted by Gasteiger charge is -2.05. The van der Waals surface area contributed by atoms with Gasteiger partial charge in [0.1, 0.15) is 0 Å². The van der Waals surface area contributed by atoms with Gasteiger partial charge in [0.25, 0.3) is 6.54 Å². The summed E-state index contributed by atoms with van der Waals surface area (Å²) in [5.41, 5.74) is 2.35. The maximum Gasteiger partial charge on any atom is 0.259 e. The Hall–Kier alpha value is -1.15. The first-order valence-electron chi connectivity index (χ1n) is 5.42. The number of aryl methyl sites for hydroxylation is 1. The van der Waals surface area contributed by atoms with Crippen LogP contribution in [0.5, 0.6) is 0 Å². The molecule has 1 aromatic rings. The Morgan fingerprint density at radius 1 is 1.72 bits per heavy atom. The number of hydrogen-bond acceptors (Lipinski definition) is 6. The number of amidine groups is 1. The fourth-order valence-electron chi connectivity index (χ4n) is 1.23. The Bertz CT molecular complexity index is 420. The van der Waals surface area contributed by atoms with Crippen LogP contribution in [0.3, 0.4) is 0 Å². The molecule has 0 bridgehead atoms. The smallest absolute Gasteiger partial charge is 0.259 e. The quantitative estimate of drug-likeness (QED) is 0.271. The summed E-state index contributed by atoms with van der Waals surface area (Å²) in [5, 5.41) is 15.4. The van der Waals surface area contributed by atoms with Crippen LogP contribution in [0.2, 0.25) is 0 Å². The van der Waals surface area contributed by atoms with Crippen molar-refractivity contribution in [2.24, 2.45) is 4.99 Å². The van der Waals surface area contributed by atoms with Crippen LogP contribution in [0.25, 0.3) is 0 Å². The second-order valence-electron chi connectivity index (χ2n) is 3.57. The van der Waals surface area contributed by atoms with Gasteiger partial charge in [-0.05, 0) is 24.0 Å². The Balaban J connectivity index is 2.15. The van der Waals surface area contributed by atoms with E-state index < -0.39 is 0 Å². The average molecular weight is 288 g/mol. The third-order valence-corrected chi connectivity index (χ3v) is 4.01. The van der Waals surface area contributed by atoms with Crippen LogP contribution in [0.15, 0.2) is 10.4 Å². The molecule has 0 aromatic carbocycles. The van der Waals surface area contributed by atoms with Crippen LogP contribution in [-0.4, -0.2) is 41.0 Å². The minimum absolute atomic E-state index is 0.241.